The smallest absolute Gasteiger partial charge is 0.352 e. The van der Waals surface area contributed by atoms with Crippen LogP contribution in [0.15, 0.2) is 34.9 Å². The lowest BCUT2D eigenvalue weighted by molar-refractivity contribution is -0.136. The molecule has 1 aliphatic carbocycles. The van der Waals surface area contributed by atoms with Gasteiger partial charge in [0.1, 0.15) is 17.1 Å². The fourth-order valence-corrected chi connectivity index (χ4v) is 4.00. The number of aliphatic carboxylic acids is 2. The molecule has 1 aromatic heterocycles. The molecule has 11 heteroatoms. The lowest BCUT2D eigenvalue weighted by Crippen LogP contribution is -2.47. The number of fused-ring (bicyclic) bond motifs is 1. The van der Waals surface area contributed by atoms with Crippen molar-refractivity contribution in [1.29, 1.82) is 0 Å². The van der Waals surface area contributed by atoms with Crippen LogP contribution >= 0.6 is 0 Å². The Bertz CT molecular complexity index is 1220. The highest BCUT2D eigenvalue weighted by Gasteiger charge is 2.29. The average molecular weight is 445 g/mol. The van der Waals surface area contributed by atoms with Crippen molar-refractivity contribution in [3.63, 3.8) is 0 Å². The second-order valence-corrected chi connectivity index (χ2v) is 7.78. The molecule has 3 N–H and O–H groups in total. The van der Waals surface area contributed by atoms with Crippen LogP contribution in [0.5, 0.6) is 0 Å². The van der Waals surface area contributed by atoms with Gasteiger partial charge in [-0.2, -0.15) is 0 Å². The van der Waals surface area contributed by atoms with Gasteiger partial charge in [0.2, 0.25) is 5.43 Å². The maximum absolute atomic E-state index is 15.0. The molecule has 1 saturated heterocycles. The second kappa shape index (κ2) is 7.98. The molecule has 0 amide bonds. The van der Waals surface area contributed by atoms with E-state index < -0.39 is 34.7 Å². The fraction of sp³-hybridized carbons (Fsp3) is 0.333. The van der Waals surface area contributed by atoms with Crippen molar-refractivity contribution in [3.05, 3.63) is 51.7 Å². The molecule has 1 saturated carbocycles. The number of carbonyl (C=O) groups is 3. The highest BCUT2D eigenvalue weighted by Crippen LogP contribution is 2.38. The molecule has 0 radical (unpaired) electrons. The van der Waals surface area contributed by atoms with E-state index in [-0.39, 0.29) is 49.0 Å². The van der Waals surface area contributed by atoms with E-state index in [1.54, 1.807) is 9.47 Å². The quantitative estimate of drug-likeness (QED) is 0.562. The molecule has 10 nitrogen and oxygen atoms in total. The van der Waals surface area contributed by atoms with Crippen molar-refractivity contribution in [1.82, 2.24) is 9.47 Å². The summed E-state index contributed by atoms with van der Waals surface area (Å²) in [6.45, 7) is 0.785. The number of hydrogen-bond acceptors (Lipinski definition) is 6. The van der Waals surface area contributed by atoms with Crippen molar-refractivity contribution in [3.8, 4) is 0 Å². The number of anilines is 1. The summed E-state index contributed by atoms with van der Waals surface area (Å²) < 4.78 is 16.7. The summed E-state index contributed by atoms with van der Waals surface area (Å²) in [6.07, 6.45) is 3.59. The molecule has 0 bridgehead atoms. The Labute approximate surface area is 180 Å². The monoisotopic (exact) mass is 445 g/mol. The van der Waals surface area contributed by atoms with E-state index in [2.05, 4.69) is 0 Å². The first kappa shape index (κ1) is 21.3. The molecule has 2 aliphatic rings. The predicted octanol–water partition coefficient (Wildman–Crippen LogP) is 1.35. The molecular formula is C21H20FN3O7. The number of rotatable bonds is 6. The maximum Gasteiger partial charge on any atom is 0.352 e. The van der Waals surface area contributed by atoms with Crippen LogP contribution in [0, 0.1) is 5.82 Å². The number of halogens is 1. The zero-order chi connectivity index (χ0) is 23.2. The van der Waals surface area contributed by atoms with Gasteiger partial charge >= 0.3 is 17.9 Å². The van der Waals surface area contributed by atoms with Gasteiger partial charge in [-0.1, -0.05) is 0 Å². The third-order valence-electron chi connectivity index (χ3n) is 5.71. The number of nitrogens with zero attached hydrogens (tertiary/aromatic N) is 3. The molecule has 2 heterocycles. The van der Waals surface area contributed by atoms with Crippen LogP contribution in [0.2, 0.25) is 0 Å². The van der Waals surface area contributed by atoms with Crippen LogP contribution in [-0.4, -0.2) is 68.9 Å². The van der Waals surface area contributed by atoms with Gasteiger partial charge in [0.25, 0.3) is 0 Å². The number of aromatic nitrogens is 1. The molecule has 1 aliphatic heterocycles. The molecule has 32 heavy (non-hydrogen) atoms. The lowest BCUT2D eigenvalue weighted by Gasteiger charge is -2.37. The van der Waals surface area contributed by atoms with Crippen LogP contribution in [0.4, 0.5) is 10.1 Å². The SMILES string of the molecule is O=C(O)/C=C(/C(=O)O)N1CCN(c2cc3c(cc2F)c(=O)c(C(=O)O)cn3C2CC2)CC1. The van der Waals surface area contributed by atoms with Gasteiger partial charge in [-0.3, -0.25) is 4.79 Å². The third-order valence-corrected chi connectivity index (χ3v) is 5.71. The summed E-state index contributed by atoms with van der Waals surface area (Å²) in [7, 11) is 0. The second-order valence-electron chi connectivity index (χ2n) is 7.78. The van der Waals surface area contributed by atoms with Gasteiger partial charge in [-0.15, -0.1) is 0 Å². The highest BCUT2D eigenvalue weighted by molar-refractivity contribution is 5.94. The third kappa shape index (κ3) is 3.88. The van der Waals surface area contributed by atoms with E-state index in [1.165, 1.54) is 17.2 Å². The zero-order valence-corrected chi connectivity index (χ0v) is 16.8. The van der Waals surface area contributed by atoms with Gasteiger partial charge in [-0.25, -0.2) is 18.8 Å². The zero-order valence-electron chi connectivity index (χ0n) is 16.8. The number of pyridine rings is 1. The van der Waals surface area contributed by atoms with Crippen LogP contribution in [0.3, 0.4) is 0 Å². The van der Waals surface area contributed by atoms with E-state index in [0.29, 0.717) is 11.6 Å². The van der Waals surface area contributed by atoms with Gasteiger partial charge in [0.15, 0.2) is 0 Å². The average Bonchev–Trinajstić information content (AvgIpc) is 3.57. The topological polar surface area (TPSA) is 140 Å². The largest absolute Gasteiger partial charge is 0.478 e. The Morgan fingerprint density at radius 3 is 2.22 bits per heavy atom. The Morgan fingerprint density at radius 1 is 1.03 bits per heavy atom. The molecule has 168 valence electrons. The Morgan fingerprint density at radius 2 is 1.69 bits per heavy atom. The minimum absolute atomic E-state index is 0.00533. The summed E-state index contributed by atoms with van der Waals surface area (Å²) in [5.74, 6) is -4.78. The molecule has 4 rings (SSSR count). The van der Waals surface area contributed by atoms with Crippen LogP contribution in [0.1, 0.15) is 29.2 Å². The number of aromatic carboxylic acids is 1. The van der Waals surface area contributed by atoms with E-state index in [1.807, 2.05) is 0 Å². The Hall–Kier alpha value is -3.89. The van der Waals surface area contributed by atoms with Gasteiger partial charge in [-0.05, 0) is 25.0 Å². The van der Waals surface area contributed by atoms with Crippen molar-refractivity contribution < 1.29 is 34.1 Å². The standard InChI is InChI=1S/C21H20FN3O7/c22-14-7-12-15(25(11-1-2-11)10-13(19(12)28)20(29)30)8-16(14)23-3-5-24(6-4-23)17(21(31)32)9-18(26)27/h7-11H,1-6H2,(H,26,27)(H,29,30)(H,31,32)/b17-9-. The highest BCUT2D eigenvalue weighted by atomic mass is 19.1. The molecule has 0 spiro atoms. The summed E-state index contributed by atoms with van der Waals surface area (Å²) in [4.78, 5) is 49.4. The van der Waals surface area contributed by atoms with Gasteiger partial charge in [0, 0.05) is 43.8 Å². The summed E-state index contributed by atoms with van der Waals surface area (Å²) >= 11 is 0. The molecule has 2 fully saturated rings. The molecule has 1 aromatic carbocycles. The first-order chi connectivity index (χ1) is 15.2. The number of hydrogen-bond donors (Lipinski definition) is 3. The van der Waals surface area contributed by atoms with Crippen molar-refractivity contribution in [2.75, 3.05) is 31.1 Å². The summed E-state index contributed by atoms with van der Waals surface area (Å²) in [6, 6.07) is 2.62. The number of benzene rings is 1. The van der Waals surface area contributed by atoms with Crippen LogP contribution < -0.4 is 10.3 Å². The van der Waals surface area contributed by atoms with E-state index in [4.69, 9.17) is 5.11 Å². The molecule has 0 unspecified atom stereocenters. The lowest BCUT2D eigenvalue weighted by atomic mass is 10.1. The minimum Gasteiger partial charge on any atom is -0.478 e. The normalized spacial score (nSPS) is 17.0. The molecule has 0 atom stereocenters. The van der Waals surface area contributed by atoms with Crippen LogP contribution in [-0.2, 0) is 9.59 Å². The number of piperazine rings is 1. The van der Waals surface area contributed by atoms with E-state index >= 15 is 0 Å². The number of carboxylic acid groups (broad SMARTS) is 3. The van der Waals surface area contributed by atoms with E-state index in [0.717, 1.165) is 18.9 Å². The van der Waals surface area contributed by atoms with Crippen LogP contribution in [0.25, 0.3) is 10.9 Å². The molecule has 2 aromatic rings. The van der Waals surface area contributed by atoms with Crippen molar-refractivity contribution in [2.45, 2.75) is 18.9 Å². The first-order valence-corrected chi connectivity index (χ1v) is 9.97. The minimum atomic E-state index is -1.37. The maximum atomic E-state index is 15.0. The summed E-state index contributed by atoms with van der Waals surface area (Å²) in [5, 5.41) is 27.5. The van der Waals surface area contributed by atoms with Crippen molar-refractivity contribution in [2.24, 2.45) is 0 Å². The number of carboxylic acids is 3. The Kier molecular flexibility index (Phi) is 5.33. The van der Waals surface area contributed by atoms with E-state index in [9.17, 15) is 33.8 Å². The van der Waals surface area contributed by atoms with Crippen molar-refractivity contribution >= 4 is 34.5 Å². The van der Waals surface area contributed by atoms with Gasteiger partial charge in [0.05, 0.1) is 17.3 Å². The summed E-state index contributed by atoms with van der Waals surface area (Å²) in [5.41, 5.74) is -0.840. The first-order valence-electron chi connectivity index (χ1n) is 9.97. The van der Waals surface area contributed by atoms with Gasteiger partial charge < -0.3 is 29.7 Å². The Balaban J connectivity index is 1.68. The predicted molar refractivity (Wildman–Crippen MR) is 111 cm³/mol. The molecular weight excluding hydrogens is 425 g/mol. The fourth-order valence-electron chi connectivity index (χ4n) is 4.00.